The molecule has 3 rings (SSSR count). The van der Waals surface area contributed by atoms with Crippen molar-refractivity contribution in [3.05, 3.63) is 30.2 Å². The summed E-state index contributed by atoms with van der Waals surface area (Å²) in [6, 6.07) is 5.05. The van der Waals surface area contributed by atoms with E-state index in [0.29, 0.717) is 22.7 Å². The minimum atomic E-state index is -4.56. The van der Waals surface area contributed by atoms with Gasteiger partial charge in [0.15, 0.2) is 0 Å². The van der Waals surface area contributed by atoms with Gasteiger partial charge in [-0.05, 0) is 18.2 Å². The molecule has 2 aromatic heterocycles. The Kier molecular flexibility index (Phi) is 2.45. The predicted molar refractivity (Wildman–Crippen MR) is 64.0 cm³/mol. The molecule has 2 N–H and O–H groups in total. The van der Waals surface area contributed by atoms with Gasteiger partial charge in [0.1, 0.15) is 0 Å². The molecule has 0 saturated heterocycles. The predicted octanol–water partition coefficient (Wildman–Crippen LogP) is 2.48. The lowest BCUT2D eigenvalue weighted by atomic mass is 10.2. The third-order valence-electron chi connectivity index (χ3n) is 2.45. The van der Waals surface area contributed by atoms with Crippen LogP contribution in [-0.2, 0) is 6.18 Å². The van der Waals surface area contributed by atoms with Crippen molar-refractivity contribution in [2.75, 3.05) is 5.73 Å². The summed E-state index contributed by atoms with van der Waals surface area (Å²) in [5.74, 6) is -1.17. The van der Waals surface area contributed by atoms with Crippen molar-refractivity contribution >= 4 is 28.1 Å². The van der Waals surface area contributed by atoms with Crippen LogP contribution in [0, 0.1) is 0 Å². The van der Waals surface area contributed by atoms with Crippen LogP contribution >= 0.6 is 11.5 Å². The van der Waals surface area contributed by atoms with E-state index in [9.17, 15) is 13.2 Å². The molecule has 2 heterocycles. The van der Waals surface area contributed by atoms with Crippen molar-refractivity contribution in [3.63, 3.8) is 0 Å². The number of nitrogens with two attached hydrogens (primary N) is 1. The van der Waals surface area contributed by atoms with Crippen LogP contribution in [0.2, 0.25) is 0 Å². The van der Waals surface area contributed by atoms with Gasteiger partial charge in [-0.25, -0.2) is 4.68 Å². The number of rotatable bonds is 1. The number of hydrogen-bond donors (Lipinski definition) is 1. The number of hydrogen-bond acceptors (Lipinski definition) is 5. The molecule has 5 nitrogen and oxygen atoms in total. The second-order valence-electron chi connectivity index (χ2n) is 3.77. The molecule has 0 bridgehead atoms. The minimum Gasteiger partial charge on any atom is -0.399 e. The van der Waals surface area contributed by atoms with Crippen molar-refractivity contribution < 1.29 is 13.2 Å². The fourth-order valence-corrected chi connectivity index (χ4v) is 2.27. The van der Waals surface area contributed by atoms with Crippen molar-refractivity contribution in [2.45, 2.75) is 6.18 Å². The summed E-state index contributed by atoms with van der Waals surface area (Å²) < 4.78 is 41.9. The number of alkyl halides is 3. The molecule has 0 amide bonds. The number of fused-ring (bicyclic) bond motifs is 1. The quantitative estimate of drug-likeness (QED) is 0.697. The Balaban J connectivity index is 2.14. The van der Waals surface area contributed by atoms with Gasteiger partial charge in [0.25, 0.3) is 0 Å². The van der Waals surface area contributed by atoms with E-state index in [1.807, 2.05) is 0 Å². The standard InChI is InChI=1S/C10H6F3N5S/c11-10(12,13)8-16-9(19-17-8)18-7-3-6(14)2-1-5(7)4-15-18/h1-4H,14H2. The van der Waals surface area contributed by atoms with Gasteiger partial charge < -0.3 is 5.73 Å². The molecule has 3 aromatic rings. The second kappa shape index (κ2) is 3.92. The zero-order valence-electron chi connectivity index (χ0n) is 9.22. The van der Waals surface area contributed by atoms with E-state index < -0.39 is 12.0 Å². The lowest BCUT2D eigenvalue weighted by Crippen LogP contribution is -2.07. The highest BCUT2D eigenvalue weighted by Gasteiger charge is 2.36. The van der Waals surface area contributed by atoms with Crippen molar-refractivity contribution in [1.29, 1.82) is 0 Å². The molecule has 19 heavy (non-hydrogen) atoms. The average molecular weight is 285 g/mol. The highest BCUT2D eigenvalue weighted by Crippen LogP contribution is 2.29. The van der Waals surface area contributed by atoms with Crippen LogP contribution in [0.4, 0.5) is 18.9 Å². The first-order chi connectivity index (χ1) is 8.95. The normalized spacial score (nSPS) is 12.2. The topological polar surface area (TPSA) is 69.6 Å². The molecular formula is C10H6F3N5S. The van der Waals surface area contributed by atoms with E-state index >= 15 is 0 Å². The number of aromatic nitrogens is 4. The van der Waals surface area contributed by atoms with Crippen molar-refractivity contribution in [3.8, 4) is 5.13 Å². The fraction of sp³-hybridized carbons (Fsp3) is 0.100. The van der Waals surface area contributed by atoms with Crippen molar-refractivity contribution in [2.24, 2.45) is 0 Å². The van der Waals surface area contributed by atoms with Crippen LogP contribution in [-0.4, -0.2) is 19.1 Å². The van der Waals surface area contributed by atoms with Gasteiger partial charge in [0, 0.05) is 22.6 Å². The van der Waals surface area contributed by atoms with E-state index in [1.54, 1.807) is 18.2 Å². The molecule has 0 unspecified atom stereocenters. The summed E-state index contributed by atoms with van der Waals surface area (Å²) in [5, 5.41) is 4.81. The van der Waals surface area contributed by atoms with Crippen LogP contribution in [0.5, 0.6) is 0 Å². The van der Waals surface area contributed by atoms with Crippen LogP contribution in [0.1, 0.15) is 5.82 Å². The van der Waals surface area contributed by atoms with Crippen LogP contribution in [0.3, 0.4) is 0 Å². The number of anilines is 1. The summed E-state index contributed by atoms with van der Waals surface area (Å²) in [7, 11) is 0. The zero-order chi connectivity index (χ0) is 13.6. The first-order valence-corrected chi connectivity index (χ1v) is 5.87. The van der Waals surface area contributed by atoms with Gasteiger partial charge >= 0.3 is 6.18 Å². The Morgan fingerprint density at radius 3 is 2.74 bits per heavy atom. The Bertz CT molecular complexity index is 745. The Labute approximate surface area is 108 Å². The molecule has 98 valence electrons. The van der Waals surface area contributed by atoms with E-state index in [2.05, 4.69) is 14.5 Å². The Morgan fingerprint density at radius 1 is 1.26 bits per heavy atom. The fourth-order valence-electron chi connectivity index (χ4n) is 1.60. The Morgan fingerprint density at radius 2 is 2.05 bits per heavy atom. The van der Waals surface area contributed by atoms with Crippen LogP contribution in [0.15, 0.2) is 24.4 Å². The Hall–Kier alpha value is -2.16. The second-order valence-corrected chi connectivity index (χ2v) is 4.50. The first-order valence-electron chi connectivity index (χ1n) is 5.10. The molecular weight excluding hydrogens is 279 g/mol. The third-order valence-corrected chi connectivity index (χ3v) is 3.14. The monoisotopic (exact) mass is 285 g/mol. The summed E-state index contributed by atoms with van der Waals surface area (Å²) >= 11 is 0.633. The van der Waals surface area contributed by atoms with Crippen LogP contribution in [0.25, 0.3) is 16.0 Å². The number of nitrogens with zero attached hydrogens (tertiary/aromatic N) is 4. The molecule has 9 heteroatoms. The molecule has 0 radical (unpaired) electrons. The zero-order valence-corrected chi connectivity index (χ0v) is 10.0. The largest absolute Gasteiger partial charge is 0.452 e. The molecule has 0 atom stereocenters. The first kappa shape index (κ1) is 11.9. The van der Waals surface area contributed by atoms with Crippen molar-refractivity contribution in [1.82, 2.24) is 19.1 Å². The SMILES string of the molecule is Nc1ccc2cnn(-c3nc(C(F)(F)F)ns3)c2c1. The molecule has 0 aliphatic rings. The molecule has 1 aromatic carbocycles. The van der Waals surface area contributed by atoms with E-state index in [4.69, 9.17) is 5.73 Å². The third kappa shape index (κ3) is 2.01. The van der Waals surface area contributed by atoms with E-state index in [0.717, 1.165) is 5.39 Å². The molecule has 0 aliphatic heterocycles. The lowest BCUT2D eigenvalue weighted by Gasteiger charge is -2.00. The molecule has 0 saturated carbocycles. The summed E-state index contributed by atoms with van der Waals surface area (Å²) in [4.78, 5) is 3.45. The van der Waals surface area contributed by atoms with Gasteiger partial charge in [0.2, 0.25) is 11.0 Å². The van der Waals surface area contributed by atoms with Crippen LogP contribution < -0.4 is 5.73 Å². The van der Waals surface area contributed by atoms with Gasteiger partial charge in [-0.3, -0.25) is 0 Å². The molecule has 0 aliphatic carbocycles. The van der Waals surface area contributed by atoms with E-state index in [1.165, 1.54) is 10.9 Å². The number of halogens is 3. The number of benzene rings is 1. The highest BCUT2D eigenvalue weighted by molar-refractivity contribution is 7.08. The van der Waals surface area contributed by atoms with E-state index in [-0.39, 0.29) is 5.13 Å². The molecule has 0 spiro atoms. The average Bonchev–Trinajstić information content (AvgIpc) is 2.92. The number of nitrogen functional groups attached to an aromatic ring is 1. The highest BCUT2D eigenvalue weighted by atomic mass is 32.1. The maximum Gasteiger partial charge on any atom is 0.452 e. The summed E-state index contributed by atoms with van der Waals surface area (Å²) in [5.41, 5.74) is 6.73. The maximum atomic E-state index is 12.5. The van der Waals surface area contributed by atoms with Gasteiger partial charge in [-0.2, -0.15) is 27.6 Å². The van der Waals surface area contributed by atoms with Gasteiger partial charge in [0.05, 0.1) is 11.7 Å². The summed E-state index contributed by atoms with van der Waals surface area (Å²) in [6.45, 7) is 0. The lowest BCUT2D eigenvalue weighted by molar-refractivity contribution is -0.144. The minimum absolute atomic E-state index is 0.0490. The smallest absolute Gasteiger partial charge is 0.399 e. The van der Waals surface area contributed by atoms with Gasteiger partial charge in [-0.15, -0.1) is 0 Å². The summed E-state index contributed by atoms with van der Waals surface area (Å²) in [6.07, 6.45) is -3.03. The molecule has 0 fully saturated rings. The van der Waals surface area contributed by atoms with Gasteiger partial charge in [-0.1, -0.05) is 0 Å². The maximum absolute atomic E-state index is 12.5.